The first-order valence-electron chi connectivity index (χ1n) is 7.63. The average Bonchev–Trinajstić information content (AvgIpc) is 2.31. The second kappa shape index (κ2) is 6.55. The van der Waals surface area contributed by atoms with Crippen LogP contribution in [0.4, 0.5) is 0 Å². The molecule has 1 aliphatic carbocycles. The van der Waals surface area contributed by atoms with Crippen molar-refractivity contribution >= 4 is 5.91 Å². The van der Waals surface area contributed by atoms with Gasteiger partial charge in [-0.15, -0.1) is 0 Å². The van der Waals surface area contributed by atoms with Crippen molar-refractivity contribution in [3.05, 3.63) is 0 Å². The zero-order valence-electron chi connectivity index (χ0n) is 12.0. The minimum atomic E-state index is 0.128. The summed E-state index contributed by atoms with van der Waals surface area (Å²) in [7, 11) is 0. The van der Waals surface area contributed by atoms with Gasteiger partial charge in [-0.2, -0.15) is 0 Å². The van der Waals surface area contributed by atoms with Crippen molar-refractivity contribution in [1.29, 1.82) is 0 Å². The molecule has 1 saturated heterocycles. The molecule has 1 unspecified atom stereocenters. The molecule has 1 atom stereocenters. The summed E-state index contributed by atoms with van der Waals surface area (Å²) in [5, 5.41) is 3.06. The number of amides is 1. The van der Waals surface area contributed by atoms with Gasteiger partial charge < -0.3 is 10.2 Å². The van der Waals surface area contributed by atoms with Crippen LogP contribution >= 0.6 is 0 Å². The summed E-state index contributed by atoms with van der Waals surface area (Å²) >= 11 is 0. The summed E-state index contributed by atoms with van der Waals surface area (Å²) in [6.07, 6.45) is 7.71. The smallest absolute Gasteiger partial charge is 0.217 e. The highest BCUT2D eigenvalue weighted by atomic mass is 16.1. The fourth-order valence-corrected chi connectivity index (χ4v) is 3.59. The molecule has 2 rings (SSSR count). The molecule has 18 heavy (non-hydrogen) atoms. The normalized spacial score (nSPS) is 34.2. The van der Waals surface area contributed by atoms with Crippen LogP contribution in [0.15, 0.2) is 0 Å². The number of hydrogen-bond donors (Lipinski definition) is 1. The molecule has 0 aromatic carbocycles. The molecule has 1 heterocycles. The molecule has 0 bridgehead atoms. The molecule has 0 aromatic rings. The quantitative estimate of drug-likeness (QED) is 0.836. The Balaban J connectivity index is 1.68. The number of rotatable bonds is 3. The van der Waals surface area contributed by atoms with E-state index in [1.807, 2.05) is 0 Å². The average molecular weight is 252 g/mol. The first kappa shape index (κ1) is 13.9. The maximum atomic E-state index is 11.0. The van der Waals surface area contributed by atoms with Crippen LogP contribution in [0.2, 0.25) is 0 Å². The van der Waals surface area contributed by atoms with E-state index in [2.05, 4.69) is 17.1 Å². The predicted octanol–water partition coefficient (Wildman–Crippen LogP) is 2.41. The lowest BCUT2D eigenvalue weighted by atomic mass is 9.85. The van der Waals surface area contributed by atoms with Gasteiger partial charge in [0.1, 0.15) is 0 Å². The number of carbonyl (C=O) groups is 1. The third kappa shape index (κ3) is 4.27. The van der Waals surface area contributed by atoms with E-state index in [0.29, 0.717) is 6.04 Å². The molecule has 2 aliphatic rings. The van der Waals surface area contributed by atoms with Crippen molar-refractivity contribution in [1.82, 2.24) is 10.2 Å². The van der Waals surface area contributed by atoms with E-state index >= 15 is 0 Å². The van der Waals surface area contributed by atoms with Crippen molar-refractivity contribution in [2.24, 2.45) is 11.8 Å². The van der Waals surface area contributed by atoms with E-state index < -0.39 is 0 Å². The maximum Gasteiger partial charge on any atom is 0.217 e. The van der Waals surface area contributed by atoms with E-state index in [1.54, 1.807) is 6.92 Å². The van der Waals surface area contributed by atoms with E-state index in [1.165, 1.54) is 58.2 Å². The molecule has 0 aromatic heterocycles. The van der Waals surface area contributed by atoms with Gasteiger partial charge in [-0.05, 0) is 56.9 Å². The van der Waals surface area contributed by atoms with Crippen molar-refractivity contribution in [2.45, 2.75) is 58.4 Å². The van der Waals surface area contributed by atoms with Crippen LogP contribution in [0.5, 0.6) is 0 Å². The molecule has 0 radical (unpaired) electrons. The Hall–Kier alpha value is -0.570. The van der Waals surface area contributed by atoms with E-state index in [4.69, 9.17) is 0 Å². The Bertz CT molecular complexity index is 272. The summed E-state index contributed by atoms with van der Waals surface area (Å²) in [5.41, 5.74) is 0. The lowest BCUT2D eigenvalue weighted by Crippen LogP contribution is -2.41. The summed E-state index contributed by atoms with van der Waals surface area (Å²) in [6.45, 7) is 7.89. The van der Waals surface area contributed by atoms with Gasteiger partial charge in [0.2, 0.25) is 5.91 Å². The monoisotopic (exact) mass is 252 g/mol. The molecule has 2 fully saturated rings. The Kier molecular flexibility index (Phi) is 5.04. The van der Waals surface area contributed by atoms with Crippen LogP contribution in [0, 0.1) is 11.8 Å². The predicted molar refractivity (Wildman–Crippen MR) is 74.4 cm³/mol. The molecule has 3 nitrogen and oxygen atoms in total. The molecule has 1 saturated carbocycles. The molecular formula is C15H28N2O. The van der Waals surface area contributed by atoms with Crippen molar-refractivity contribution in [3.63, 3.8) is 0 Å². The SMILES string of the molecule is CC(=O)NC1CCC(CN2CCCC(C)C2)CC1. The topological polar surface area (TPSA) is 32.3 Å². The molecule has 1 amide bonds. The van der Waals surface area contributed by atoms with Gasteiger partial charge in [-0.1, -0.05) is 6.92 Å². The van der Waals surface area contributed by atoms with Gasteiger partial charge in [-0.25, -0.2) is 0 Å². The number of nitrogens with zero attached hydrogens (tertiary/aromatic N) is 1. The third-order valence-electron chi connectivity index (χ3n) is 4.51. The Morgan fingerprint density at radius 3 is 2.56 bits per heavy atom. The minimum absolute atomic E-state index is 0.128. The van der Waals surface area contributed by atoms with Gasteiger partial charge in [0.05, 0.1) is 0 Å². The second-order valence-electron chi connectivity index (χ2n) is 6.43. The molecule has 104 valence electrons. The minimum Gasteiger partial charge on any atom is -0.354 e. The third-order valence-corrected chi connectivity index (χ3v) is 4.51. The van der Waals surface area contributed by atoms with Crippen LogP contribution in [-0.4, -0.2) is 36.5 Å². The van der Waals surface area contributed by atoms with Crippen LogP contribution < -0.4 is 5.32 Å². The first-order chi connectivity index (χ1) is 8.63. The summed E-state index contributed by atoms with van der Waals surface area (Å²) in [4.78, 5) is 13.7. The number of nitrogens with one attached hydrogen (secondary N) is 1. The van der Waals surface area contributed by atoms with E-state index in [-0.39, 0.29) is 5.91 Å². The maximum absolute atomic E-state index is 11.0. The highest BCUT2D eigenvalue weighted by Gasteiger charge is 2.25. The lowest BCUT2D eigenvalue weighted by Gasteiger charge is -2.36. The highest BCUT2D eigenvalue weighted by Crippen LogP contribution is 2.26. The van der Waals surface area contributed by atoms with Gasteiger partial charge in [0.15, 0.2) is 0 Å². The standard InChI is InChI=1S/C15H28N2O/c1-12-4-3-9-17(10-12)11-14-5-7-15(8-6-14)16-13(2)18/h12,14-15H,3-11H2,1-2H3,(H,16,18). The second-order valence-corrected chi connectivity index (χ2v) is 6.43. The van der Waals surface area contributed by atoms with Gasteiger partial charge in [-0.3, -0.25) is 4.79 Å². The Morgan fingerprint density at radius 2 is 1.94 bits per heavy atom. The van der Waals surface area contributed by atoms with E-state index in [0.717, 1.165) is 11.8 Å². The van der Waals surface area contributed by atoms with E-state index in [9.17, 15) is 4.79 Å². The number of hydrogen-bond acceptors (Lipinski definition) is 2. The van der Waals surface area contributed by atoms with Crippen LogP contribution in [0.25, 0.3) is 0 Å². The molecule has 1 aliphatic heterocycles. The van der Waals surface area contributed by atoms with Crippen LogP contribution in [0.3, 0.4) is 0 Å². The molecule has 1 N–H and O–H groups in total. The molecule has 0 spiro atoms. The van der Waals surface area contributed by atoms with Gasteiger partial charge >= 0.3 is 0 Å². The Labute approximate surface area is 111 Å². The summed E-state index contributed by atoms with van der Waals surface area (Å²) in [6, 6.07) is 0.444. The number of piperidine rings is 1. The van der Waals surface area contributed by atoms with Crippen molar-refractivity contribution < 1.29 is 4.79 Å². The van der Waals surface area contributed by atoms with Crippen molar-refractivity contribution in [2.75, 3.05) is 19.6 Å². The zero-order valence-corrected chi connectivity index (χ0v) is 12.0. The van der Waals surface area contributed by atoms with Crippen molar-refractivity contribution in [3.8, 4) is 0 Å². The zero-order chi connectivity index (χ0) is 13.0. The first-order valence-corrected chi connectivity index (χ1v) is 7.63. The fourth-order valence-electron chi connectivity index (χ4n) is 3.59. The largest absolute Gasteiger partial charge is 0.354 e. The summed E-state index contributed by atoms with van der Waals surface area (Å²) in [5.74, 6) is 1.87. The molecular weight excluding hydrogens is 224 g/mol. The highest BCUT2D eigenvalue weighted by molar-refractivity contribution is 5.73. The number of carbonyl (C=O) groups excluding carboxylic acids is 1. The Morgan fingerprint density at radius 1 is 1.22 bits per heavy atom. The lowest BCUT2D eigenvalue weighted by molar-refractivity contribution is -0.119. The van der Waals surface area contributed by atoms with Gasteiger partial charge in [0, 0.05) is 26.1 Å². The fraction of sp³-hybridized carbons (Fsp3) is 0.933. The molecule has 3 heteroatoms. The number of likely N-dealkylation sites (tertiary alicyclic amines) is 1. The van der Waals surface area contributed by atoms with Crippen LogP contribution in [-0.2, 0) is 4.79 Å². The van der Waals surface area contributed by atoms with Gasteiger partial charge in [0.25, 0.3) is 0 Å². The van der Waals surface area contributed by atoms with Crippen LogP contribution in [0.1, 0.15) is 52.4 Å². The summed E-state index contributed by atoms with van der Waals surface area (Å²) < 4.78 is 0.